The highest BCUT2D eigenvalue weighted by Gasteiger charge is 2.72. The van der Waals surface area contributed by atoms with Crippen LogP contribution in [0.25, 0.3) is 0 Å². The summed E-state index contributed by atoms with van der Waals surface area (Å²) in [5, 5.41) is 17.9. The van der Waals surface area contributed by atoms with Crippen LogP contribution < -0.4 is 0 Å². The minimum Gasteiger partial charge on any atom is -0.478 e. The molecule has 0 amide bonds. The zero-order valence-corrected chi connectivity index (χ0v) is 13.1. The standard InChI is InChI=1S/C17H10F6O4/c18-16(19,20)15(17(21,22)23,11-5-1-3-9(7-11)13(24)25)12-6-2-4-10(8-12)14(26)27/h1-8H,(H,24,25)(H,26,27). The Bertz CT molecular complexity index is 812. The lowest BCUT2D eigenvalue weighted by molar-refractivity contribution is -0.288. The largest absolute Gasteiger partial charge is 0.478 e. The highest BCUT2D eigenvalue weighted by Crippen LogP contribution is 2.56. The van der Waals surface area contributed by atoms with Crippen molar-refractivity contribution < 1.29 is 46.1 Å². The van der Waals surface area contributed by atoms with Crippen LogP contribution in [-0.4, -0.2) is 34.5 Å². The molecule has 144 valence electrons. The highest BCUT2D eigenvalue weighted by atomic mass is 19.4. The van der Waals surface area contributed by atoms with Gasteiger partial charge in [-0.05, 0) is 35.4 Å². The van der Waals surface area contributed by atoms with E-state index in [-0.39, 0.29) is 12.1 Å². The van der Waals surface area contributed by atoms with Gasteiger partial charge < -0.3 is 10.2 Å². The van der Waals surface area contributed by atoms with Crippen molar-refractivity contribution in [2.75, 3.05) is 0 Å². The molecule has 2 N–H and O–H groups in total. The molecule has 2 rings (SSSR count). The molecular formula is C17H10F6O4. The Morgan fingerprint density at radius 2 is 1.00 bits per heavy atom. The van der Waals surface area contributed by atoms with Crippen molar-refractivity contribution in [1.82, 2.24) is 0 Å². The zero-order chi connectivity index (χ0) is 20.6. The smallest absolute Gasteiger partial charge is 0.411 e. The summed E-state index contributed by atoms with van der Waals surface area (Å²) in [4.78, 5) is 22.0. The molecule has 0 spiro atoms. The van der Waals surface area contributed by atoms with Gasteiger partial charge in [0, 0.05) is 0 Å². The molecule has 0 saturated heterocycles. The molecular weight excluding hydrogens is 382 g/mol. The van der Waals surface area contributed by atoms with Gasteiger partial charge in [0.2, 0.25) is 5.41 Å². The van der Waals surface area contributed by atoms with Crippen molar-refractivity contribution in [3.63, 3.8) is 0 Å². The maximum absolute atomic E-state index is 13.9. The van der Waals surface area contributed by atoms with Gasteiger partial charge in [-0.15, -0.1) is 0 Å². The normalized spacial score (nSPS) is 12.7. The summed E-state index contributed by atoms with van der Waals surface area (Å²) >= 11 is 0. The van der Waals surface area contributed by atoms with Crippen LogP contribution in [0.4, 0.5) is 26.3 Å². The molecule has 0 heterocycles. The van der Waals surface area contributed by atoms with E-state index in [0.717, 1.165) is 24.3 Å². The molecule has 27 heavy (non-hydrogen) atoms. The lowest BCUT2D eigenvalue weighted by atomic mass is 9.72. The van der Waals surface area contributed by atoms with E-state index < -0.39 is 52.0 Å². The first kappa shape index (κ1) is 20.3. The van der Waals surface area contributed by atoms with Crippen LogP contribution in [0.5, 0.6) is 0 Å². The SMILES string of the molecule is O=C(O)c1cccc(C(c2cccc(C(=O)O)c2)(C(F)(F)F)C(F)(F)F)c1. The third kappa shape index (κ3) is 3.34. The van der Waals surface area contributed by atoms with E-state index >= 15 is 0 Å². The van der Waals surface area contributed by atoms with E-state index in [9.17, 15) is 35.9 Å². The molecule has 2 aromatic carbocycles. The second-order valence-electron chi connectivity index (χ2n) is 5.52. The van der Waals surface area contributed by atoms with E-state index in [4.69, 9.17) is 10.2 Å². The van der Waals surface area contributed by atoms with Gasteiger partial charge in [0.05, 0.1) is 11.1 Å². The van der Waals surface area contributed by atoms with Crippen molar-refractivity contribution in [2.45, 2.75) is 17.8 Å². The number of alkyl halides is 6. The average molecular weight is 392 g/mol. The summed E-state index contributed by atoms with van der Waals surface area (Å²) < 4.78 is 83.4. The van der Waals surface area contributed by atoms with Gasteiger partial charge in [0.25, 0.3) is 0 Å². The zero-order valence-electron chi connectivity index (χ0n) is 13.1. The lowest BCUT2D eigenvalue weighted by Crippen LogP contribution is -2.54. The van der Waals surface area contributed by atoms with Gasteiger partial charge in [-0.25, -0.2) is 9.59 Å². The number of benzene rings is 2. The molecule has 10 heteroatoms. The topological polar surface area (TPSA) is 74.6 Å². The van der Waals surface area contributed by atoms with Crippen LogP contribution in [0.2, 0.25) is 0 Å². The molecule has 0 unspecified atom stereocenters. The molecule has 0 fully saturated rings. The van der Waals surface area contributed by atoms with Crippen molar-refractivity contribution >= 4 is 11.9 Å². The Hall–Kier alpha value is -3.04. The Balaban J connectivity index is 2.97. The van der Waals surface area contributed by atoms with Crippen molar-refractivity contribution in [1.29, 1.82) is 0 Å². The van der Waals surface area contributed by atoms with Gasteiger partial charge in [-0.3, -0.25) is 0 Å². The fraction of sp³-hybridized carbons (Fsp3) is 0.176. The molecule has 0 radical (unpaired) electrons. The van der Waals surface area contributed by atoms with Gasteiger partial charge in [0.15, 0.2) is 0 Å². The van der Waals surface area contributed by atoms with Gasteiger partial charge in [-0.1, -0.05) is 24.3 Å². The van der Waals surface area contributed by atoms with Gasteiger partial charge in [0.1, 0.15) is 0 Å². The summed E-state index contributed by atoms with van der Waals surface area (Å²) in [6.07, 6.45) is -11.9. The molecule has 0 aliphatic heterocycles. The predicted molar refractivity (Wildman–Crippen MR) is 79.7 cm³/mol. The average Bonchev–Trinajstić information content (AvgIpc) is 2.53. The first-order valence-corrected chi connectivity index (χ1v) is 7.13. The number of carboxylic acid groups (broad SMARTS) is 2. The summed E-state index contributed by atoms with van der Waals surface area (Å²) in [5.41, 5.74) is -8.94. The molecule has 0 aromatic heterocycles. The predicted octanol–water partition coefficient (Wildman–Crippen LogP) is 4.49. The molecule has 0 aliphatic rings. The molecule has 0 atom stereocenters. The van der Waals surface area contributed by atoms with Crippen LogP contribution in [0.15, 0.2) is 48.5 Å². The van der Waals surface area contributed by atoms with Crippen molar-refractivity contribution in [3.05, 3.63) is 70.8 Å². The van der Waals surface area contributed by atoms with Crippen LogP contribution in [0, 0.1) is 0 Å². The third-order valence-electron chi connectivity index (χ3n) is 3.94. The van der Waals surface area contributed by atoms with E-state index in [1.165, 1.54) is 0 Å². The van der Waals surface area contributed by atoms with E-state index in [1.807, 2.05) is 0 Å². The number of hydrogen-bond donors (Lipinski definition) is 2. The Morgan fingerprint density at radius 1 is 0.667 bits per heavy atom. The molecule has 4 nitrogen and oxygen atoms in total. The second kappa shape index (κ2) is 6.60. The maximum Gasteiger partial charge on any atom is 0.411 e. The monoisotopic (exact) mass is 392 g/mol. The number of carbonyl (C=O) groups is 2. The molecule has 2 aromatic rings. The van der Waals surface area contributed by atoms with Crippen molar-refractivity contribution in [3.8, 4) is 0 Å². The quantitative estimate of drug-likeness (QED) is 0.752. The minimum atomic E-state index is -5.94. The van der Waals surface area contributed by atoms with E-state index in [0.29, 0.717) is 12.1 Å². The summed E-state index contributed by atoms with van der Waals surface area (Å²) in [6.45, 7) is 0. The summed E-state index contributed by atoms with van der Waals surface area (Å²) in [5.74, 6) is -3.43. The number of carboxylic acids is 2. The van der Waals surface area contributed by atoms with E-state index in [2.05, 4.69) is 0 Å². The summed E-state index contributed by atoms with van der Waals surface area (Å²) in [6, 6.07) is 4.75. The number of hydrogen-bond acceptors (Lipinski definition) is 2. The fourth-order valence-electron chi connectivity index (χ4n) is 2.75. The van der Waals surface area contributed by atoms with Gasteiger partial charge in [-0.2, -0.15) is 26.3 Å². The van der Waals surface area contributed by atoms with Crippen LogP contribution in [-0.2, 0) is 5.41 Å². The Kier molecular flexibility index (Phi) is 4.96. The first-order chi connectivity index (χ1) is 12.3. The second-order valence-corrected chi connectivity index (χ2v) is 5.52. The molecule has 0 saturated carbocycles. The first-order valence-electron chi connectivity index (χ1n) is 7.13. The highest BCUT2D eigenvalue weighted by molar-refractivity contribution is 5.88. The Morgan fingerprint density at radius 3 is 1.26 bits per heavy atom. The summed E-state index contributed by atoms with van der Waals surface area (Å²) in [7, 11) is 0. The van der Waals surface area contributed by atoms with Crippen LogP contribution >= 0.6 is 0 Å². The minimum absolute atomic E-state index is 0.275. The van der Waals surface area contributed by atoms with Crippen LogP contribution in [0.3, 0.4) is 0 Å². The molecule has 0 bridgehead atoms. The molecule has 0 aliphatic carbocycles. The number of halogens is 6. The lowest BCUT2D eigenvalue weighted by Gasteiger charge is -2.38. The third-order valence-corrected chi connectivity index (χ3v) is 3.94. The van der Waals surface area contributed by atoms with Crippen LogP contribution in [0.1, 0.15) is 31.8 Å². The fourth-order valence-corrected chi connectivity index (χ4v) is 2.75. The number of aromatic carboxylic acids is 2. The van der Waals surface area contributed by atoms with E-state index in [1.54, 1.807) is 0 Å². The number of rotatable bonds is 4. The Labute approximate surface area is 147 Å². The van der Waals surface area contributed by atoms with Crippen molar-refractivity contribution in [2.24, 2.45) is 0 Å². The maximum atomic E-state index is 13.9. The van der Waals surface area contributed by atoms with Gasteiger partial charge >= 0.3 is 24.3 Å².